The maximum atomic E-state index is 6.87. The summed E-state index contributed by atoms with van der Waals surface area (Å²) in [6.07, 6.45) is 2.67. The summed E-state index contributed by atoms with van der Waals surface area (Å²) in [5.41, 5.74) is 1.07. The second-order valence-electron chi connectivity index (χ2n) is 7.58. The van der Waals surface area contributed by atoms with Gasteiger partial charge in [-0.1, -0.05) is 87.5 Å². The highest BCUT2D eigenvalue weighted by Gasteiger charge is 2.49. The number of hydrogen-bond acceptors (Lipinski definition) is 2. The summed E-state index contributed by atoms with van der Waals surface area (Å²) < 4.78 is 6.87. The van der Waals surface area contributed by atoms with Gasteiger partial charge in [-0.15, -0.1) is 0 Å². The minimum Gasteiger partial charge on any atom is -0.407 e. The van der Waals surface area contributed by atoms with E-state index in [9.17, 15) is 0 Å². The molecule has 2 aromatic carbocycles. The maximum absolute atomic E-state index is 6.87. The zero-order valence-corrected chi connectivity index (χ0v) is 16.9. The van der Waals surface area contributed by atoms with Crippen LogP contribution in [0.4, 0.5) is 0 Å². The summed E-state index contributed by atoms with van der Waals surface area (Å²) in [6, 6.07) is 27.6. The Labute approximate surface area is 158 Å². The summed E-state index contributed by atoms with van der Waals surface area (Å²) in [5.74, 6) is 0. The highest BCUT2D eigenvalue weighted by atomic mass is 28.4. The first kappa shape index (κ1) is 18.6. The van der Waals surface area contributed by atoms with Gasteiger partial charge in [0.15, 0.2) is 0 Å². The van der Waals surface area contributed by atoms with Crippen molar-refractivity contribution in [2.75, 3.05) is 6.61 Å². The molecule has 134 valence electrons. The fourth-order valence-corrected chi connectivity index (χ4v) is 8.18. The smallest absolute Gasteiger partial charge is 0.261 e. The van der Waals surface area contributed by atoms with Gasteiger partial charge < -0.3 is 4.43 Å². The first-order valence-corrected chi connectivity index (χ1v) is 11.1. The average Bonchev–Trinajstić information content (AvgIpc) is 2.66. The van der Waals surface area contributed by atoms with E-state index in [1.165, 1.54) is 10.4 Å². The fourth-order valence-electron chi connectivity index (χ4n) is 3.62. The summed E-state index contributed by atoms with van der Waals surface area (Å²) in [5, 5.41) is 2.65. The van der Waals surface area contributed by atoms with Crippen molar-refractivity contribution in [1.29, 1.82) is 0 Å². The maximum Gasteiger partial charge on any atom is 0.261 e. The number of aromatic nitrogens is 1. The van der Waals surface area contributed by atoms with Gasteiger partial charge in [0.05, 0.1) is 0 Å². The van der Waals surface area contributed by atoms with E-state index < -0.39 is 8.32 Å². The molecular weight excluding hydrogens is 334 g/mol. The molecule has 0 unspecified atom stereocenters. The molecule has 1 aromatic heterocycles. The van der Waals surface area contributed by atoms with Gasteiger partial charge in [0.2, 0.25) is 0 Å². The Bertz CT molecular complexity index is 758. The quantitative estimate of drug-likeness (QED) is 0.614. The molecule has 0 radical (unpaired) electrons. The molecule has 1 heterocycles. The molecule has 0 fully saturated rings. The zero-order chi connectivity index (χ0) is 18.5. The van der Waals surface area contributed by atoms with Crippen LogP contribution in [0.15, 0.2) is 85.1 Å². The molecule has 2 nitrogen and oxygen atoms in total. The van der Waals surface area contributed by atoms with Gasteiger partial charge in [-0.05, 0) is 27.5 Å². The second kappa shape index (κ2) is 7.98. The van der Waals surface area contributed by atoms with Crippen molar-refractivity contribution in [3.63, 3.8) is 0 Å². The molecule has 0 aliphatic heterocycles. The Morgan fingerprint density at radius 3 is 1.77 bits per heavy atom. The highest BCUT2D eigenvalue weighted by molar-refractivity contribution is 6.99. The molecule has 3 rings (SSSR count). The number of pyridine rings is 1. The van der Waals surface area contributed by atoms with Crippen LogP contribution in [-0.2, 0) is 10.8 Å². The molecule has 0 atom stereocenters. The predicted octanol–water partition coefficient (Wildman–Crippen LogP) is 4.20. The standard InChI is InChI=1S/C23H27NOSi/c1-23(2,3)26(21-13-6-4-7-14-21,22-15-8-5-9-16-22)25-19-17-20-12-10-11-18-24-20/h4-16,18H,17,19H2,1-3H3. The highest BCUT2D eigenvalue weighted by Crippen LogP contribution is 2.36. The Morgan fingerprint density at radius 2 is 1.31 bits per heavy atom. The normalized spacial score (nSPS) is 12.1. The van der Waals surface area contributed by atoms with Gasteiger partial charge in [-0.3, -0.25) is 4.98 Å². The topological polar surface area (TPSA) is 22.1 Å². The van der Waals surface area contributed by atoms with Crippen molar-refractivity contribution in [3.8, 4) is 0 Å². The van der Waals surface area contributed by atoms with Gasteiger partial charge >= 0.3 is 0 Å². The molecule has 0 aliphatic carbocycles. The van der Waals surface area contributed by atoms with E-state index >= 15 is 0 Å². The van der Waals surface area contributed by atoms with Crippen LogP contribution < -0.4 is 10.4 Å². The Kier molecular flexibility index (Phi) is 5.69. The monoisotopic (exact) mass is 361 g/mol. The van der Waals surface area contributed by atoms with Gasteiger partial charge in [0.25, 0.3) is 8.32 Å². The van der Waals surface area contributed by atoms with Crippen molar-refractivity contribution in [2.45, 2.75) is 32.2 Å². The third kappa shape index (κ3) is 3.79. The zero-order valence-electron chi connectivity index (χ0n) is 15.9. The van der Waals surface area contributed by atoms with Gasteiger partial charge in [0, 0.05) is 24.9 Å². The largest absolute Gasteiger partial charge is 0.407 e. The minimum absolute atomic E-state index is 0.0137. The van der Waals surface area contributed by atoms with Crippen molar-refractivity contribution in [1.82, 2.24) is 4.98 Å². The van der Waals surface area contributed by atoms with E-state index in [4.69, 9.17) is 4.43 Å². The molecule has 3 aromatic rings. The fraction of sp³-hybridized carbons (Fsp3) is 0.261. The Morgan fingerprint density at radius 1 is 0.769 bits per heavy atom. The third-order valence-corrected chi connectivity index (χ3v) is 9.86. The van der Waals surface area contributed by atoms with Crippen LogP contribution in [-0.4, -0.2) is 19.9 Å². The SMILES string of the molecule is CC(C)(C)[Si](OCCc1ccccn1)(c1ccccc1)c1ccccc1. The molecule has 0 amide bonds. The second-order valence-corrected chi connectivity index (χ2v) is 11.9. The lowest BCUT2D eigenvalue weighted by molar-refractivity contribution is 0.300. The molecule has 0 aliphatic rings. The van der Waals surface area contributed by atoms with Gasteiger partial charge in [0.1, 0.15) is 0 Å². The van der Waals surface area contributed by atoms with E-state index in [-0.39, 0.29) is 5.04 Å². The molecule has 3 heteroatoms. The molecular formula is C23H27NOSi. The van der Waals surface area contributed by atoms with Crippen molar-refractivity contribution in [3.05, 3.63) is 90.8 Å². The van der Waals surface area contributed by atoms with Gasteiger partial charge in [-0.25, -0.2) is 0 Å². The first-order valence-electron chi connectivity index (χ1n) is 9.19. The summed E-state index contributed by atoms with van der Waals surface area (Å²) >= 11 is 0. The molecule has 26 heavy (non-hydrogen) atoms. The summed E-state index contributed by atoms with van der Waals surface area (Å²) in [4.78, 5) is 4.44. The number of nitrogens with zero attached hydrogens (tertiary/aromatic N) is 1. The van der Waals surface area contributed by atoms with Crippen LogP contribution in [0.2, 0.25) is 5.04 Å². The number of hydrogen-bond donors (Lipinski definition) is 0. The van der Waals surface area contributed by atoms with E-state index in [2.05, 4.69) is 92.5 Å². The van der Waals surface area contributed by atoms with Gasteiger partial charge in [-0.2, -0.15) is 0 Å². The van der Waals surface area contributed by atoms with E-state index in [0.29, 0.717) is 6.61 Å². The third-order valence-electron chi connectivity index (χ3n) is 4.82. The minimum atomic E-state index is -2.43. The van der Waals surface area contributed by atoms with Crippen molar-refractivity contribution in [2.24, 2.45) is 0 Å². The van der Waals surface area contributed by atoms with Crippen molar-refractivity contribution < 1.29 is 4.43 Å². The molecule has 0 N–H and O–H groups in total. The lowest BCUT2D eigenvalue weighted by Gasteiger charge is -2.43. The molecule has 0 bridgehead atoms. The van der Waals surface area contributed by atoms with Crippen LogP contribution in [0.25, 0.3) is 0 Å². The van der Waals surface area contributed by atoms with Crippen LogP contribution in [0.3, 0.4) is 0 Å². The summed E-state index contributed by atoms with van der Waals surface area (Å²) in [7, 11) is -2.43. The first-order chi connectivity index (χ1) is 12.5. The predicted molar refractivity (Wildman–Crippen MR) is 112 cm³/mol. The van der Waals surface area contributed by atoms with Crippen LogP contribution in [0.5, 0.6) is 0 Å². The van der Waals surface area contributed by atoms with Crippen LogP contribution >= 0.6 is 0 Å². The lowest BCUT2D eigenvalue weighted by Crippen LogP contribution is -2.66. The van der Waals surface area contributed by atoms with E-state index in [0.717, 1.165) is 12.1 Å². The molecule has 0 saturated heterocycles. The Hall–Kier alpha value is -2.23. The van der Waals surface area contributed by atoms with Crippen LogP contribution in [0.1, 0.15) is 26.5 Å². The van der Waals surface area contributed by atoms with E-state index in [1.807, 2.05) is 18.3 Å². The van der Waals surface area contributed by atoms with E-state index in [1.54, 1.807) is 0 Å². The van der Waals surface area contributed by atoms with Crippen molar-refractivity contribution >= 4 is 18.7 Å². The summed E-state index contributed by atoms with van der Waals surface area (Å²) in [6.45, 7) is 7.59. The van der Waals surface area contributed by atoms with Crippen LogP contribution in [0, 0.1) is 0 Å². The number of rotatable bonds is 6. The number of benzene rings is 2. The average molecular weight is 362 g/mol. The Balaban J connectivity index is 2.00. The lowest BCUT2D eigenvalue weighted by atomic mass is 10.2. The molecule has 0 spiro atoms. The molecule has 0 saturated carbocycles.